The first-order valence-corrected chi connectivity index (χ1v) is 18.1. The van der Waals surface area contributed by atoms with Crippen LogP contribution in [0, 0.1) is 0 Å². The van der Waals surface area contributed by atoms with E-state index in [4.69, 9.17) is 0 Å². The lowest BCUT2D eigenvalue weighted by Gasteiger charge is -2.18. The molecule has 0 spiro atoms. The van der Waals surface area contributed by atoms with Gasteiger partial charge in [-0.2, -0.15) is 0 Å². The van der Waals surface area contributed by atoms with Crippen LogP contribution >= 0.6 is 22.7 Å². The van der Waals surface area contributed by atoms with Crippen LogP contribution in [0.4, 0.5) is 0 Å². The van der Waals surface area contributed by atoms with Crippen LogP contribution in [0.1, 0.15) is 0 Å². The quantitative estimate of drug-likeness (QED) is 0.165. The van der Waals surface area contributed by atoms with Crippen molar-refractivity contribution in [2.24, 2.45) is 0 Å². The second-order valence-electron chi connectivity index (χ2n) is 12.8. The maximum atomic E-state index is 2.45. The van der Waals surface area contributed by atoms with Crippen molar-refractivity contribution in [2.45, 2.75) is 0 Å². The van der Waals surface area contributed by atoms with Crippen LogP contribution in [0.15, 0.2) is 158 Å². The van der Waals surface area contributed by atoms with Gasteiger partial charge in [-0.25, -0.2) is 0 Å². The molecule has 0 aliphatic carbocycles. The molecule has 0 aliphatic rings. The van der Waals surface area contributed by atoms with Gasteiger partial charge in [0.25, 0.3) is 0 Å². The predicted octanol–water partition coefficient (Wildman–Crippen LogP) is 14.4. The van der Waals surface area contributed by atoms with Crippen molar-refractivity contribution in [1.29, 1.82) is 0 Å². The van der Waals surface area contributed by atoms with Crippen LogP contribution in [0.2, 0.25) is 0 Å². The second-order valence-corrected chi connectivity index (χ2v) is 14.9. The van der Waals surface area contributed by atoms with Gasteiger partial charge in [0.15, 0.2) is 0 Å². The molecule has 0 atom stereocenters. The highest BCUT2D eigenvalue weighted by Crippen LogP contribution is 2.48. The summed E-state index contributed by atoms with van der Waals surface area (Å²) in [5.41, 5.74) is 5.17. The lowest BCUT2D eigenvalue weighted by molar-refractivity contribution is 1.69. The van der Waals surface area contributed by atoms with Crippen molar-refractivity contribution in [3.63, 3.8) is 0 Å². The van der Waals surface area contributed by atoms with Crippen LogP contribution < -0.4 is 0 Å². The summed E-state index contributed by atoms with van der Waals surface area (Å²) in [5, 5.41) is 15.8. The third kappa shape index (κ3) is 3.65. The first-order valence-electron chi connectivity index (χ1n) is 16.4. The van der Waals surface area contributed by atoms with E-state index in [1.54, 1.807) is 0 Å². The molecule has 0 saturated heterocycles. The van der Waals surface area contributed by atoms with E-state index in [9.17, 15) is 0 Å². The monoisotopic (exact) mass is 642 g/mol. The van der Waals surface area contributed by atoms with E-state index in [0.717, 1.165) is 0 Å². The fraction of sp³-hybridized carbons (Fsp3) is 0. The van der Waals surface area contributed by atoms with Gasteiger partial charge in [0.2, 0.25) is 0 Å². The number of hydrogen-bond donors (Lipinski definition) is 0. The minimum absolute atomic E-state index is 1.27. The largest absolute Gasteiger partial charge is 0.135 e. The Hall–Kier alpha value is -5.54. The molecule has 11 aromatic rings. The Labute approximate surface area is 284 Å². The topological polar surface area (TPSA) is 0 Å². The molecule has 0 N–H and O–H groups in total. The van der Waals surface area contributed by atoms with Crippen molar-refractivity contribution < 1.29 is 0 Å². The fourth-order valence-corrected chi connectivity index (χ4v) is 10.6. The van der Waals surface area contributed by atoms with E-state index in [2.05, 4.69) is 158 Å². The molecule has 0 unspecified atom stereocenters. The molecule has 0 radical (unpaired) electrons. The van der Waals surface area contributed by atoms with Crippen LogP contribution in [-0.4, -0.2) is 0 Å². The molecule has 2 heteroatoms. The third-order valence-electron chi connectivity index (χ3n) is 10.2. The normalized spacial score (nSPS) is 12.2. The fourth-order valence-electron chi connectivity index (χ4n) is 8.19. The van der Waals surface area contributed by atoms with Gasteiger partial charge in [0.05, 0.1) is 0 Å². The average Bonchev–Trinajstić information content (AvgIpc) is 3.72. The maximum Gasteiger partial charge on any atom is 0.0440 e. The minimum Gasteiger partial charge on any atom is -0.135 e. The summed E-state index contributed by atoms with van der Waals surface area (Å²) in [7, 11) is 0. The van der Waals surface area contributed by atoms with Crippen LogP contribution in [-0.2, 0) is 0 Å². The first-order chi connectivity index (χ1) is 23.8. The predicted molar refractivity (Wildman–Crippen MR) is 213 cm³/mol. The highest BCUT2D eigenvalue weighted by atomic mass is 32.1. The molecule has 2 heterocycles. The Balaban J connectivity index is 1.21. The maximum absolute atomic E-state index is 2.45. The molecule has 0 fully saturated rings. The summed E-state index contributed by atoms with van der Waals surface area (Å²) >= 11 is 3.84. The Kier molecular flexibility index (Phi) is 5.51. The van der Waals surface area contributed by atoms with Gasteiger partial charge in [0.1, 0.15) is 0 Å². The number of rotatable bonds is 2. The second kappa shape index (κ2) is 9.98. The number of thiophene rings is 2. The van der Waals surface area contributed by atoms with E-state index >= 15 is 0 Å². The summed E-state index contributed by atoms with van der Waals surface area (Å²) in [5.74, 6) is 0. The average molecular weight is 643 g/mol. The van der Waals surface area contributed by atoms with Crippen molar-refractivity contribution in [1.82, 2.24) is 0 Å². The van der Waals surface area contributed by atoms with E-state index in [1.165, 1.54) is 106 Å². The Morgan fingerprint density at radius 2 is 0.938 bits per heavy atom. The standard InChI is InChI=1S/C46H26S2/c1-2-12-30-27(10-1)11-9-18-32(30)44-35-16-5-3-14-33(35)42(34-15-4-6-17-36(34)44)29-21-24-38-41(26-29)47-40-25-22-28-20-23-37-31-13-7-8-19-39(31)48-46(37)43(28)45(38)40/h1-26H. The number of hydrogen-bond acceptors (Lipinski definition) is 2. The lowest BCUT2D eigenvalue weighted by atomic mass is 9.84. The van der Waals surface area contributed by atoms with Gasteiger partial charge in [0, 0.05) is 45.7 Å². The molecule has 2 aromatic heterocycles. The molecular formula is C46H26S2. The Morgan fingerprint density at radius 1 is 0.312 bits per heavy atom. The molecule has 0 nitrogen and oxygen atoms in total. The molecule has 11 rings (SSSR count). The van der Waals surface area contributed by atoms with Crippen molar-refractivity contribution in [3.05, 3.63) is 158 Å². The van der Waals surface area contributed by atoms with Crippen molar-refractivity contribution in [2.75, 3.05) is 0 Å². The molecule has 9 aromatic carbocycles. The summed E-state index contributed by atoms with van der Waals surface area (Å²) in [6, 6.07) is 58.7. The Bertz CT molecular complexity index is 3060. The molecular weight excluding hydrogens is 617 g/mol. The molecule has 0 aliphatic heterocycles. The molecule has 0 amide bonds. The zero-order chi connectivity index (χ0) is 31.3. The highest BCUT2D eigenvalue weighted by molar-refractivity contribution is 7.28. The van der Waals surface area contributed by atoms with Gasteiger partial charge in [-0.15, -0.1) is 22.7 Å². The molecule has 222 valence electrons. The summed E-state index contributed by atoms with van der Waals surface area (Å²) in [4.78, 5) is 0. The smallest absolute Gasteiger partial charge is 0.0440 e. The Morgan fingerprint density at radius 3 is 1.73 bits per heavy atom. The van der Waals surface area contributed by atoms with E-state index < -0.39 is 0 Å². The van der Waals surface area contributed by atoms with E-state index in [0.29, 0.717) is 0 Å². The number of benzene rings is 9. The molecule has 0 bridgehead atoms. The highest BCUT2D eigenvalue weighted by Gasteiger charge is 2.19. The van der Waals surface area contributed by atoms with Crippen LogP contribution in [0.3, 0.4) is 0 Å². The summed E-state index contributed by atoms with van der Waals surface area (Å²) in [6.07, 6.45) is 0. The number of fused-ring (bicyclic) bond motifs is 12. The zero-order valence-electron chi connectivity index (χ0n) is 25.8. The minimum atomic E-state index is 1.27. The van der Waals surface area contributed by atoms with E-state index in [-0.39, 0.29) is 0 Å². The van der Waals surface area contributed by atoms with Gasteiger partial charge < -0.3 is 0 Å². The van der Waals surface area contributed by atoms with Gasteiger partial charge in [-0.3, -0.25) is 0 Å². The van der Waals surface area contributed by atoms with Crippen LogP contribution in [0.5, 0.6) is 0 Å². The lowest BCUT2D eigenvalue weighted by Crippen LogP contribution is -1.91. The first kappa shape index (κ1) is 26.5. The van der Waals surface area contributed by atoms with Gasteiger partial charge in [-0.1, -0.05) is 140 Å². The molecule has 0 saturated carbocycles. The van der Waals surface area contributed by atoms with Crippen molar-refractivity contribution in [3.8, 4) is 22.3 Å². The zero-order valence-corrected chi connectivity index (χ0v) is 27.5. The molecule has 48 heavy (non-hydrogen) atoms. The SMILES string of the molecule is c1ccc2c(-c3c4ccccc4c(-c4ccc5c(c4)sc4ccc6ccc7c8ccccc8sc7c6c45)c4ccccc34)cccc2c1. The van der Waals surface area contributed by atoms with E-state index in [1.807, 2.05) is 22.7 Å². The van der Waals surface area contributed by atoms with Crippen LogP contribution in [0.25, 0.3) is 106 Å². The van der Waals surface area contributed by atoms with Gasteiger partial charge in [-0.05, 0) is 78.2 Å². The van der Waals surface area contributed by atoms with Gasteiger partial charge >= 0.3 is 0 Å². The summed E-state index contributed by atoms with van der Waals surface area (Å²) < 4.78 is 5.42. The van der Waals surface area contributed by atoms with Crippen molar-refractivity contribution >= 4 is 106 Å². The summed E-state index contributed by atoms with van der Waals surface area (Å²) in [6.45, 7) is 0. The third-order valence-corrected chi connectivity index (χ3v) is 12.6.